The smallest absolute Gasteiger partial charge is 0.229 e. The van der Waals surface area contributed by atoms with Crippen molar-refractivity contribution in [3.05, 3.63) is 0 Å². The second-order valence-corrected chi connectivity index (χ2v) is 7.27. The molecule has 5 heteroatoms. The highest BCUT2D eigenvalue weighted by molar-refractivity contribution is 7.99. The van der Waals surface area contributed by atoms with Crippen LogP contribution in [0.4, 0.5) is 0 Å². The molecule has 114 valence electrons. The van der Waals surface area contributed by atoms with Crippen LogP contribution < -0.4 is 0 Å². The number of amides is 2. The molecule has 20 heavy (non-hydrogen) atoms. The van der Waals surface area contributed by atoms with Crippen molar-refractivity contribution in [3.8, 4) is 0 Å². The number of likely N-dealkylation sites (tertiary alicyclic amines) is 1. The fourth-order valence-electron chi connectivity index (χ4n) is 3.36. The molecule has 1 aliphatic heterocycles. The van der Waals surface area contributed by atoms with E-state index in [4.69, 9.17) is 5.11 Å². The minimum absolute atomic E-state index is 0.00700. The average molecular weight is 299 g/mol. The highest BCUT2D eigenvalue weighted by atomic mass is 32.2. The molecule has 1 spiro atoms. The Hall–Kier alpha value is -0.550. The van der Waals surface area contributed by atoms with E-state index in [2.05, 4.69) is 0 Å². The number of thioether (sulfide) groups is 1. The maximum absolute atomic E-state index is 12.3. The number of hydrogen-bond donors (Lipinski definition) is 1. The van der Waals surface area contributed by atoms with Gasteiger partial charge in [-0.25, -0.2) is 0 Å². The summed E-state index contributed by atoms with van der Waals surface area (Å²) in [7, 11) is 0. The molecule has 1 heterocycles. The van der Waals surface area contributed by atoms with E-state index in [0.29, 0.717) is 19.4 Å². The van der Waals surface area contributed by atoms with Crippen LogP contribution in [0.5, 0.6) is 0 Å². The van der Waals surface area contributed by atoms with E-state index in [0.717, 1.165) is 43.6 Å². The lowest BCUT2D eigenvalue weighted by molar-refractivity contribution is -0.154. The third-order valence-electron chi connectivity index (χ3n) is 4.47. The Balaban J connectivity index is 1.81. The molecule has 1 N–H and O–H groups in total. The van der Waals surface area contributed by atoms with Gasteiger partial charge < -0.3 is 5.11 Å². The van der Waals surface area contributed by atoms with Gasteiger partial charge >= 0.3 is 0 Å². The van der Waals surface area contributed by atoms with Crippen molar-refractivity contribution in [2.45, 2.75) is 51.4 Å². The zero-order valence-electron chi connectivity index (χ0n) is 12.1. The van der Waals surface area contributed by atoms with Gasteiger partial charge in [0.25, 0.3) is 0 Å². The summed E-state index contributed by atoms with van der Waals surface area (Å²) in [5, 5.41) is 8.71. The Morgan fingerprint density at radius 2 is 1.70 bits per heavy atom. The summed E-state index contributed by atoms with van der Waals surface area (Å²) in [5.74, 6) is 1.73. The quantitative estimate of drug-likeness (QED) is 0.603. The van der Waals surface area contributed by atoms with Crippen molar-refractivity contribution in [1.29, 1.82) is 0 Å². The van der Waals surface area contributed by atoms with Gasteiger partial charge in [0.2, 0.25) is 11.8 Å². The van der Waals surface area contributed by atoms with Gasteiger partial charge in [0.1, 0.15) is 0 Å². The molecule has 0 aromatic heterocycles. The van der Waals surface area contributed by atoms with Crippen LogP contribution in [0.3, 0.4) is 0 Å². The average Bonchev–Trinajstić information content (AvgIpc) is 2.42. The van der Waals surface area contributed by atoms with Crippen LogP contribution in [-0.2, 0) is 9.59 Å². The molecule has 2 amide bonds. The second-order valence-electron chi connectivity index (χ2n) is 6.04. The first-order valence-electron chi connectivity index (χ1n) is 7.69. The predicted octanol–water partition coefficient (Wildman–Crippen LogP) is 2.20. The number of aliphatic hydroxyl groups excluding tert-OH is 1. The molecule has 1 saturated heterocycles. The van der Waals surface area contributed by atoms with Crippen molar-refractivity contribution >= 4 is 23.6 Å². The van der Waals surface area contributed by atoms with Crippen LogP contribution in [0, 0.1) is 5.41 Å². The van der Waals surface area contributed by atoms with Gasteiger partial charge in [0.15, 0.2) is 0 Å². The lowest BCUT2D eigenvalue weighted by Gasteiger charge is -2.42. The minimum atomic E-state index is -0.00700. The lowest BCUT2D eigenvalue weighted by atomic mass is 9.67. The molecule has 0 unspecified atom stereocenters. The number of piperidine rings is 1. The summed E-state index contributed by atoms with van der Waals surface area (Å²) in [5.41, 5.74) is -0.00700. The Kier molecular flexibility index (Phi) is 5.90. The largest absolute Gasteiger partial charge is 0.396 e. The molecule has 4 nitrogen and oxygen atoms in total. The summed E-state index contributed by atoms with van der Waals surface area (Å²) in [6.45, 7) is 0.737. The number of carbonyl (C=O) groups excluding carboxylic acids is 2. The third-order valence-corrected chi connectivity index (χ3v) is 5.52. The first-order valence-corrected chi connectivity index (χ1v) is 8.84. The first kappa shape index (κ1) is 15.8. The van der Waals surface area contributed by atoms with Crippen molar-refractivity contribution in [2.24, 2.45) is 5.41 Å². The lowest BCUT2D eigenvalue weighted by Crippen LogP contribution is -2.49. The molecule has 2 rings (SSSR count). The number of carbonyl (C=O) groups is 2. The van der Waals surface area contributed by atoms with Gasteiger partial charge in [-0.3, -0.25) is 14.5 Å². The SMILES string of the molecule is O=C1CC2(CCCCC2)CC(=O)N1CCSCCCO. The zero-order chi connectivity index (χ0) is 14.4. The second kappa shape index (κ2) is 7.46. The van der Waals surface area contributed by atoms with Gasteiger partial charge in [0, 0.05) is 31.7 Å². The zero-order valence-corrected chi connectivity index (χ0v) is 12.9. The van der Waals surface area contributed by atoms with Crippen LogP contribution in [0.1, 0.15) is 51.4 Å². The summed E-state index contributed by atoms with van der Waals surface area (Å²) < 4.78 is 0. The minimum Gasteiger partial charge on any atom is -0.396 e. The Bertz CT molecular complexity index is 333. The van der Waals surface area contributed by atoms with Gasteiger partial charge in [-0.15, -0.1) is 0 Å². The van der Waals surface area contributed by atoms with Crippen molar-refractivity contribution in [2.75, 3.05) is 24.7 Å². The fourth-order valence-corrected chi connectivity index (χ4v) is 4.21. The molecule has 0 radical (unpaired) electrons. The van der Waals surface area contributed by atoms with Gasteiger partial charge in [-0.2, -0.15) is 11.8 Å². The molecule has 0 aromatic carbocycles. The summed E-state index contributed by atoms with van der Waals surface area (Å²) in [4.78, 5) is 26.0. The first-order chi connectivity index (χ1) is 9.67. The number of rotatable bonds is 6. The molecule has 1 saturated carbocycles. The van der Waals surface area contributed by atoms with Crippen molar-refractivity contribution < 1.29 is 14.7 Å². The number of aliphatic hydroxyl groups is 1. The molecule has 0 bridgehead atoms. The molecular weight excluding hydrogens is 274 g/mol. The maximum Gasteiger partial charge on any atom is 0.229 e. The van der Waals surface area contributed by atoms with E-state index < -0.39 is 0 Å². The van der Waals surface area contributed by atoms with E-state index in [1.165, 1.54) is 11.3 Å². The Morgan fingerprint density at radius 1 is 1.05 bits per heavy atom. The predicted molar refractivity (Wildman–Crippen MR) is 80.5 cm³/mol. The van der Waals surface area contributed by atoms with E-state index in [1.807, 2.05) is 0 Å². The molecule has 1 aliphatic carbocycles. The van der Waals surface area contributed by atoms with E-state index in [1.54, 1.807) is 11.8 Å². The van der Waals surface area contributed by atoms with Crippen LogP contribution in [-0.4, -0.2) is 46.5 Å². The van der Waals surface area contributed by atoms with Crippen molar-refractivity contribution in [3.63, 3.8) is 0 Å². The third kappa shape index (κ3) is 3.98. The topological polar surface area (TPSA) is 57.6 Å². The fraction of sp³-hybridized carbons (Fsp3) is 0.867. The molecule has 0 aromatic rings. The maximum atomic E-state index is 12.3. The summed E-state index contributed by atoms with van der Waals surface area (Å²) in [6.07, 6.45) is 7.58. The monoisotopic (exact) mass is 299 g/mol. The van der Waals surface area contributed by atoms with Crippen LogP contribution in [0.25, 0.3) is 0 Å². The van der Waals surface area contributed by atoms with Crippen LogP contribution in [0.15, 0.2) is 0 Å². The molecular formula is C15H25NO3S. The number of imide groups is 1. The standard InChI is InChI=1S/C15H25NO3S/c17-8-4-9-20-10-7-16-13(18)11-15(12-14(16)19)5-2-1-3-6-15/h17H,1-12H2. The van der Waals surface area contributed by atoms with E-state index in [9.17, 15) is 9.59 Å². The highest BCUT2D eigenvalue weighted by Gasteiger charge is 2.43. The molecule has 2 aliphatic rings. The van der Waals surface area contributed by atoms with Gasteiger partial charge in [-0.05, 0) is 30.4 Å². The number of nitrogens with zero attached hydrogens (tertiary/aromatic N) is 1. The van der Waals surface area contributed by atoms with Crippen molar-refractivity contribution in [1.82, 2.24) is 4.90 Å². The highest BCUT2D eigenvalue weighted by Crippen LogP contribution is 2.45. The van der Waals surface area contributed by atoms with Gasteiger partial charge in [-0.1, -0.05) is 19.3 Å². The Morgan fingerprint density at radius 3 is 2.30 bits per heavy atom. The van der Waals surface area contributed by atoms with Crippen LogP contribution >= 0.6 is 11.8 Å². The summed E-state index contributed by atoms with van der Waals surface area (Å²) in [6, 6.07) is 0. The number of hydrogen-bond acceptors (Lipinski definition) is 4. The van der Waals surface area contributed by atoms with Crippen LogP contribution in [0.2, 0.25) is 0 Å². The Labute approximate surface area is 125 Å². The normalized spacial score (nSPS) is 22.6. The van der Waals surface area contributed by atoms with E-state index >= 15 is 0 Å². The van der Waals surface area contributed by atoms with E-state index in [-0.39, 0.29) is 23.8 Å². The molecule has 0 atom stereocenters. The molecule has 2 fully saturated rings. The summed E-state index contributed by atoms with van der Waals surface area (Å²) >= 11 is 1.70. The van der Waals surface area contributed by atoms with Gasteiger partial charge in [0.05, 0.1) is 0 Å².